The molecule has 0 aliphatic carbocycles. The fourth-order valence-electron chi connectivity index (χ4n) is 2.80. The Labute approximate surface area is 150 Å². The molecule has 2 aliphatic heterocycles. The first-order valence-electron chi connectivity index (χ1n) is 8.01. The molecule has 2 aromatic heterocycles. The van der Waals surface area contributed by atoms with Gasteiger partial charge in [-0.25, -0.2) is 5.10 Å². The second kappa shape index (κ2) is 6.53. The van der Waals surface area contributed by atoms with E-state index in [9.17, 15) is 0 Å². The van der Waals surface area contributed by atoms with Crippen LogP contribution in [0.2, 0.25) is 0 Å². The maximum Gasteiger partial charge on any atom is 0.252 e. The Morgan fingerprint density at radius 3 is 2.15 bits per heavy atom. The fourth-order valence-corrected chi connectivity index (χ4v) is 2.80. The van der Waals surface area contributed by atoms with Crippen LogP contribution in [0, 0.1) is 17.9 Å². The Hall–Kier alpha value is -3.92. The molecule has 10 nitrogen and oxygen atoms in total. The lowest BCUT2D eigenvalue weighted by Gasteiger charge is -2.24. The van der Waals surface area contributed by atoms with Crippen molar-refractivity contribution >= 4 is 17.5 Å². The second-order valence-electron chi connectivity index (χ2n) is 5.92. The summed E-state index contributed by atoms with van der Waals surface area (Å²) in [5.41, 5.74) is 0.453. The SMILES string of the molecule is [C-]#[N+]c1cc(N2C=CN(CCN3C=CN(c4cc(C#N)[nH]n4)C3)C2)n[nH]1. The lowest BCUT2D eigenvalue weighted by atomic mass is 10.4. The van der Waals surface area contributed by atoms with Gasteiger partial charge in [0.25, 0.3) is 5.82 Å². The molecule has 0 saturated heterocycles. The summed E-state index contributed by atoms with van der Waals surface area (Å²) in [7, 11) is 0. The highest BCUT2D eigenvalue weighted by atomic mass is 15.4. The van der Waals surface area contributed by atoms with E-state index in [0.717, 1.165) is 24.7 Å². The van der Waals surface area contributed by atoms with Gasteiger partial charge in [0, 0.05) is 50.0 Å². The summed E-state index contributed by atoms with van der Waals surface area (Å²) >= 11 is 0. The van der Waals surface area contributed by atoms with Crippen molar-refractivity contribution in [1.29, 1.82) is 5.26 Å². The molecule has 2 N–H and O–H groups in total. The second-order valence-corrected chi connectivity index (χ2v) is 5.92. The first kappa shape index (κ1) is 15.6. The fraction of sp³-hybridized carbons (Fsp3) is 0.250. The third-order valence-corrected chi connectivity index (χ3v) is 4.20. The van der Waals surface area contributed by atoms with Gasteiger partial charge in [-0.1, -0.05) is 11.7 Å². The molecule has 10 heteroatoms. The molecule has 0 atom stereocenters. The molecule has 0 spiro atoms. The number of H-pyrrole nitrogens is 2. The van der Waals surface area contributed by atoms with E-state index in [1.54, 1.807) is 12.1 Å². The summed E-state index contributed by atoms with van der Waals surface area (Å²) in [6, 6.07) is 5.51. The number of nitrogens with zero attached hydrogens (tertiary/aromatic N) is 8. The van der Waals surface area contributed by atoms with E-state index in [1.807, 2.05) is 40.7 Å². The van der Waals surface area contributed by atoms with Gasteiger partial charge >= 0.3 is 0 Å². The number of hydrogen-bond acceptors (Lipinski definition) is 7. The van der Waals surface area contributed by atoms with Crippen LogP contribution >= 0.6 is 0 Å². The van der Waals surface area contributed by atoms with Crippen molar-refractivity contribution in [3.8, 4) is 6.07 Å². The Balaban J connectivity index is 1.26. The topological polar surface area (TPSA) is 98.5 Å². The van der Waals surface area contributed by atoms with Gasteiger partial charge in [-0.2, -0.15) is 10.4 Å². The van der Waals surface area contributed by atoms with Gasteiger partial charge in [-0.05, 0) is 0 Å². The van der Waals surface area contributed by atoms with Crippen LogP contribution in [0.25, 0.3) is 4.85 Å². The summed E-state index contributed by atoms with van der Waals surface area (Å²) in [5.74, 6) is 1.92. The van der Waals surface area contributed by atoms with Crippen LogP contribution in [0.5, 0.6) is 0 Å². The molecule has 0 amide bonds. The summed E-state index contributed by atoms with van der Waals surface area (Å²) in [5, 5.41) is 22.5. The molecule has 0 saturated carbocycles. The van der Waals surface area contributed by atoms with Gasteiger partial charge < -0.3 is 24.4 Å². The lowest BCUT2D eigenvalue weighted by molar-refractivity contribution is 0.322. The van der Waals surface area contributed by atoms with E-state index in [1.165, 1.54) is 0 Å². The van der Waals surface area contributed by atoms with Gasteiger partial charge in [-0.15, -0.1) is 0 Å². The molecule has 26 heavy (non-hydrogen) atoms. The lowest BCUT2D eigenvalue weighted by Crippen LogP contribution is -2.34. The number of nitrogens with one attached hydrogen (secondary N) is 2. The zero-order valence-corrected chi connectivity index (χ0v) is 13.9. The highest BCUT2D eigenvalue weighted by Gasteiger charge is 2.20. The number of hydrogen-bond donors (Lipinski definition) is 2. The zero-order valence-electron chi connectivity index (χ0n) is 13.9. The minimum Gasteiger partial charge on any atom is -0.362 e. The van der Waals surface area contributed by atoms with Crippen LogP contribution in [-0.2, 0) is 0 Å². The van der Waals surface area contributed by atoms with Crippen molar-refractivity contribution in [2.75, 3.05) is 36.2 Å². The number of aromatic amines is 2. The average molecular weight is 348 g/mol. The van der Waals surface area contributed by atoms with Gasteiger partial charge in [0.15, 0.2) is 11.6 Å². The van der Waals surface area contributed by atoms with Crippen LogP contribution in [0.4, 0.5) is 17.5 Å². The first-order chi connectivity index (χ1) is 12.7. The third-order valence-electron chi connectivity index (χ3n) is 4.20. The standard InChI is InChI=1S/C16H16N10/c1-18-14-9-16(22-20-14)26-7-5-24(12-26)3-2-23-4-6-25(11-23)15-8-13(10-17)19-21-15/h4-9H,2-3,11-12H2,(H,19,21)(H,20,22). The molecule has 0 aromatic carbocycles. The first-order valence-corrected chi connectivity index (χ1v) is 8.01. The van der Waals surface area contributed by atoms with Crippen molar-refractivity contribution in [1.82, 2.24) is 30.2 Å². The molecule has 4 rings (SSSR count). The van der Waals surface area contributed by atoms with Crippen molar-refractivity contribution in [3.63, 3.8) is 0 Å². The Bertz CT molecular complexity index is 847. The highest BCUT2D eigenvalue weighted by Crippen LogP contribution is 2.21. The summed E-state index contributed by atoms with van der Waals surface area (Å²) in [4.78, 5) is 11.7. The molecule has 0 fully saturated rings. The van der Waals surface area contributed by atoms with Gasteiger partial charge in [0.1, 0.15) is 11.8 Å². The zero-order chi connectivity index (χ0) is 17.9. The number of rotatable bonds is 5. The average Bonchev–Trinajstić information content (AvgIpc) is 3.46. The van der Waals surface area contributed by atoms with E-state index in [0.29, 0.717) is 24.8 Å². The molecular weight excluding hydrogens is 332 g/mol. The summed E-state index contributed by atoms with van der Waals surface area (Å²) in [6.07, 6.45) is 7.97. The predicted octanol–water partition coefficient (Wildman–Crippen LogP) is 1.36. The Kier molecular flexibility index (Phi) is 3.92. The Morgan fingerprint density at radius 2 is 1.62 bits per heavy atom. The molecule has 4 heterocycles. The molecular formula is C16H16N10. The molecule has 0 unspecified atom stereocenters. The van der Waals surface area contributed by atoms with E-state index in [2.05, 4.69) is 35.0 Å². The van der Waals surface area contributed by atoms with Crippen molar-refractivity contribution < 1.29 is 0 Å². The molecule has 2 aliphatic rings. The summed E-state index contributed by atoms with van der Waals surface area (Å²) in [6.45, 7) is 10.1. The van der Waals surface area contributed by atoms with E-state index >= 15 is 0 Å². The summed E-state index contributed by atoms with van der Waals surface area (Å²) < 4.78 is 0. The van der Waals surface area contributed by atoms with Crippen LogP contribution in [-0.4, -0.2) is 56.6 Å². The van der Waals surface area contributed by atoms with E-state index < -0.39 is 0 Å². The number of nitriles is 1. The van der Waals surface area contributed by atoms with E-state index in [-0.39, 0.29) is 0 Å². The quantitative estimate of drug-likeness (QED) is 0.787. The van der Waals surface area contributed by atoms with Gasteiger partial charge in [-0.3, -0.25) is 5.10 Å². The number of aromatic nitrogens is 4. The monoisotopic (exact) mass is 348 g/mol. The molecule has 0 radical (unpaired) electrons. The minimum absolute atomic E-state index is 0.437. The number of anilines is 2. The largest absolute Gasteiger partial charge is 0.362 e. The Morgan fingerprint density at radius 1 is 1.00 bits per heavy atom. The van der Waals surface area contributed by atoms with Gasteiger partial charge in [0.05, 0.1) is 13.3 Å². The maximum atomic E-state index is 8.87. The molecule has 2 aromatic rings. The van der Waals surface area contributed by atoms with E-state index in [4.69, 9.17) is 11.8 Å². The van der Waals surface area contributed by atoms with Gasteiger partial charge in [0.2, 0.25) is 0 Å². The molecule has 130 valence electrons. The van der Waals surface area contributed by atoms with Crippen molar-refractivity contribution in [3.05, 3.63) is 54.0 Å². The van der Waals surface area contributed by atoms with Crippen LogP contribution in [0.15, 0.2) is 36.9 Å². The normalized spacial score (nSPS) is 15.8. The molecule has 0 bridgehead atoms. The predicted molar refractivity (Wildman–Crippen MR) is 94.5 cm³/mol. The van der Waals surface area contributed by atoms with Crippen LogP contribution in [0.3, 0.4) is 0 Å². The third kappa shape index (κ3) is 3.03. The maximum absolute atomic E-state index is 8.87. The minimum atomic E-state index is 0.437. The van der Waals surface area contributed by atoms with Crippen LogP contribution < -0.4 is 9.80 Å². The highest BCUT2D eigenvalue weighted by molar-refractivity contribution is 5.52. The van der Waals surface area contributed by atoms with Crippen molar-refractivity contribution in [2.24, 2.45) is 0 Å². The smallest absolute Gasteiger partial charge is 0.252 e. The van der Waals surface area contributed by atoms with Crippen molar-refractivity contribution in [2.45, 2.75) is 0 Å². The van der Waals surface area contributed by atoms with Crippen LogP contribution in [0.1, 0.15) is 5.69 Å².